The van der Waals surface area contributed by atoms with E-state index in [0.29, 0.717) is 11.4 Å². The molecule has 0 bridgehead atoms. The molecule has 0 fully saturated rings. The SMILES string of the molecule is CCC(C)C(N)C(=O)Nc1ccccc1N. The molecule has 0 aromatic heterocycles. The zero-order chi connectivity index (χ0) is 12.1. The van der Waals surface area contributed by atoms with E-state index >= 15 is 0 Å². The van der Waals surface area contributed by atoms with E-state index in [1.807, 2.05) is 26.0 Å². The first-order valence-electron chi connectivity index (χ1n) is 5.47. The zero-order valence-electron chi connectivity index (χ0n) is 9.73. The Hall–Kier alpha value is -1.55. The Bertz CT molecular complexity index is 365. The Morgan fingerprint density at radius 3 is 2.62 bits per heavy atom. The van der Waals surface area contributed by atoms with E-state index in [4.69, 9.17) is 11.5 Å². The highest BCUT2D eigenvalue weighted by molar-refractivity contribution is 5.97. The summed E-state index contributed by atoms with van der Waals surface area (Å²) in [6.45, 7) is 3.97. The molecule has 88 valence electrons. The van der Waals surface area contributed by atoms with Gasteiger partial charge in [0.2, 0.25) is 5.91 Å². The first-order valence-corrected chi connectivity index (χ1v) is 5.47. The number of nitrogen functional groups attached to an aromatic ring is 1. The van der Waals surface area contributed by atoms with Crippen LogP contribution in [0.5, 0.6) is 0 Å². The third kappa shape index (κ3) is 2.97. The number of rotatable bonds is 4. The number of hydrogen-bond acceptors (Lipinski definition) is 3. The molecule has 0 heterocycles. The summed E-state index contributed by atoms with van der Waals surface area (Å²) in [5.74, 6) is -0.0304. The molecule has 0 spiro atoms. The number of carbonyl (C=O) groups is 1. The van der Waals surface area contributed by atoms with Gasteiger partial charge in [0.05, 0.1) is 17.4 Å². The second-order valence-corrected chi connectivity index (χ2v) is 3.99. The molecule has 16 heavy (non-hydrogen) atoms. The summed E-state index contributed by atoms with van der Waals surface area (Å²) in [4.78, 5) is 11.8. The van der Waals surface area contributed by atoms with Gasteiger partial charge in [-0.05, 0) is 18.1 Å². The van der Waals surface area contributed by atoms with E-state index in [0.717, 1.165) is 6.42 Å². The minimum atomic E-state index is -0.496. The number of hydrogen-bond donors (Lipinski definition) is 3. The van der Waals surface area contributed by atoms with Crippen molar-refractivity contribution in [3.63, 3.8) is 0 Å². The van der Waals surface area contributed by atoms with Gasteiger partial charge in [-0.15, -0.1) is 0 Å². The Morgan fingerprint density at radius 1 is 1.44 bits per heavy atom. The second-order valence-electron chi connectivity index (χ2n) is 3.99. The van der Waals surface area contributed by atoms with Crippen molar-refractivity contribution in [1.29, 1.82) is 0 Å². The average molecular weight is 221 g/mol. The Balaban J connectivity index is 2.68. The van der Waals surface area contributed by atoms with Gasteiger partial charge >= 0.3 is 0 Å². The standard InChI is InChI=1S/C12H19N3O/c1-3-8(2)11(14)12(16)15-10-7-5-4-6-9(10)13/h4-8,11H,3,13-14H2,1-2H3,(H,15,16). The number of nitrogens with one attached hydrogen (secondary N) is 1. The topological polar surface area (TPSA) is 81.1 Å². The molecule has 4 heteroatoms. The fraction of sp³-hybridized carbons (Fsp3) is 0.417. The summed E-state index contributed by atoms with van der Waals surface area (Å²) < 4.78 is 0. The molecule has 1 aromatic rings. The van der Waals surface area contributed by atoms with Crippen LogP contribution < -0.4 is 16.8 Å². The molecule has 5 N–H and O–H groups in total. The van der Waals surface area contributed by atoms with E-state index in [-0.39, 0.29) is 11.8 Å². The lowest BCUT2D eigenvalue weighted by molar-refractivity contribution is -0.118. The number of amides is 1. The number of carbonyl (C=O) groups excluding carboxylic acids is 1. The maximum absolute atomic E-state index is 11.8. The van der Waals surface area contributed by atoms with Crippen LogP contribution in [0.15, 0.2) is 24.3 Å². The van der Waals surface area contributed by atoms with Gasteiger partial charge in [-0.1, -0.05) is 32.4 Å². The molecule has 1 amide bonds. The van der Waals surface area contributed by atoms with Crippen molar-refractivity contribution in [2.45, 2.75) is 26.3 Å². The van der Waals surface area contributed by atoms with E-state index in [1.165, 1.54) is 0 Å². The summed E-state index contributed by atoms with van der Waals surface area (Å²) in [6, 6.07) is 6.64. The van der Waals surface area contributed by atoms with E-state index < -0.39 is 6.04 Å². The Kier molecular flexibility index (Phi) is 4.31. The van der Waals surface area contributed by atoms with Gasteiger partial charge < -0.3 is 16.8 Å². The molecule has 0 saturated carbocycles. The molecule has 1 aromatic carbocycles. The highest BCUT2D eigenvalue weighted by atomic mass is 16.2. The molecule has 0 radical (unpaired) electrons. The quantitative estimate of drug-likeness (QED) is 0.675. The largest absolute Gasteiger partial charge is 0.397 e. The molecule has 0 aliphatic heterocycles. The van der Waals surface area contributed by atoms with Crippen molar-refractivity contribution in [1.82, 2.24) is 0 Å². The first kappa shape index (κ1) is 12.5. The summed E-state index contributed by atoms with van der Waals surface area (Å²) in [7, 11) is 0. The monoisotopic (exact) mass is 221 g/mol. The Morgan fingerprint density at radius 2 is 2.06 bits per heavy atom. The lowest BCUT2D eigenvalue weighted by atomic mass is 9.99. The molecule has 1 rings (SSSR count). The predicted octanol–water partition coefficient (Wildman–Crippen LogP) is 1.58. The van der Waals surface area contributed by atoms with Crippen LogP contribution in [0.25, 0.3) is 0 Å². The molecule has 2 unspecified atom stereocenters. The van der Waals surface area contributed by atoms with Gasteiger partial charge in [0.25, 0.3) is 0 Å². The van der Waals surface area contributed by atoms with Crippen LogP contribution in [0, 0.1) is 5.92 Å². The average Bonchev–Trinajstić information content (AvgIpc) is 2.30. The zero-order valence-corrected chi connectivity index (χ0v) is 9.73. The third-order valence-electron chi connectivity index (χ3n) is 2.78. The van der Waals surface area contributed by atoms with Crippen LogP contribution in [0.3, 0.4) is 0 Å². The number of nitrogens with two attached hydrogens (primary N) is 2. The minimum absolute atomic E-state index is 0.157. The lowest BCUT2D eigenvalue weighted by Crippen LogP contribution is -2.40. The normalized spacial score (nSPS) is 14.2. The first-order chi connectivity index (χ1) is 7.56. The van der Waals surface area contributed by atoms with Crippen molar-refractivity contribution in [3.05, 3.63) is 24.3 Å². The third-order valence-corrected chi connectivity index (χ3v) is 2.78. The van der Waals surface area contributed by atoms with Crippen LogP contribution in [0.2, 0.25) is 0 Å². The van der Waals surface area contributed by atoms with Crippen molar-refractivity contribution < 1.29 is 4.79 Å². The van der Waals surface area contributed by atoms with Crippen molar-refractivity contribution in [2.75, 3.05) is 11.1 Å². The van der Waals surface area contributed by atoms with E-state index in [9.17, 15) is 4.79 Å². The fourth-order valence-electron chi connectivity index (χ4n) is 1.34. The molecule has 2 atom stereocenters. The molecular formula is C12H19N3O. The summed E-state index contributed by atoms with van der Waals surface area (Å²) >= 11 is 0. The summed E-state index contributed by atoms with van der Waals surface area (Å²) in [5, 5.41) is 2.74. The maximum atomic E-state index is 11.8. The van der Waals surface area contributed by atoms with Crippen LogP contribution in [-0.2, 0) is 4.79 Å². The fourth-order valence-corrected chi connectivity index (χ4v) is 1.34. The van der Waals surface area contributed by atoms with Crippen LogP contribution in [0.4, 0.5) is 11.4 Å². The molecule has 0 aliphatic rings. The van der Waals surface area contributed by atoms with Crippen molar-refractivity contribution in [2.24, 2.45) is 11.7 Å². The van der Waals surface area contributed by atoms with Gasteiger partial charge in [-0.3, -0.25) is 4.79 Å². The van der Waals surface area contributed by atoms with Crippen molar-refractivity contribution >= 4 is 17.3 Å². The molecule has 0 aliphatic carbocycles. The van der Waals surface area contributed by atoms with Gasteiger partial charge in [-0.25, -0.2) is 0 Å². The Labute approximate surface area is 96.0 Å². The van der Waals surface area contributed by atoms with Crippen LogP contribution in [0.1, 0.15) is 20.3 Å². The predicted molar refractivity (Wildman–Crippen MR) is 66.9 cm³/mol. The summed E-state index contributed by atoms with van der Waals surface area (Å²) in [5.41, 5.74) is 12.7. The van der Waals surface area contributed by atoms with Crippen molar-refractivity contribution in [3.8, 4) is 0 Å². The smallest absolute Gasteiger partial charge is 0.241 e. The van der Waals surface area contributed by atoms with Gasteiger partial charge in [0.1, 0.15) is 0 Å². The number of anilines is 2. The van der Waals surface area contributed by atoms with Gasteiger partial charge in [-0.2, -0.15) is 0 Å². The van der Waals surface area contributed by atoms with Crippen LogP contribution >= 0.6 is 0 Å². The van der Waals surface area contributed by atoms with Gasteiger partial charge in [0.15, 0.2) is 0 Å². The number of para-hydroxylation sites is 2. The lowest BCUT2D eigenvalue weighted by Gasteiger charge is -2.18. The molecular weight excluding hydrogens is 202 g/mol. The van der Waals surface area contributed by atoms with E-state index in [2.05, 4.69) is 5.32 Å². The molecule has 4 nitrogen and oxygen atoms in total. The van der Waals surface area contributed by atoms with Crippen LogP contribution in [-0.4, -0.2) is 11.9 Å². The maximum Gasteiger partial charge on any atom is 0.241 e. The summed E-state index contributed by atoms with van der Waals surface area (Å²) in [6.07, 6.45) is 0.874. The minimum Gasteiger partial charge on any atom is -0.397 e. The highest BCUT2D eigenvalue weighted by Crippen LogP contribution is 2.17. The highest BCUT2D eigenvalue weighted by Gasteiger charge is 2.19. The number of benzene rings is 1. The molecule has 0 saturated heterocycles. The van der Waals surface area contributed by atoms with Gasteiger partial charge in [0, 0.05) is 0 Å². The van der Waals surface area contributed by atoms with E-state index in [1.54, 1.807) is 12.1 Å². The second kappa shape index (κ2) is 5.51.